The zero-order valence-corrected chi connectivity index (χ0v) is 11.3. The molecule has 1 aromatic heterocycles. The van der Waals surface area contributed by atoms with E-state index in [1.807, 2.05) is 11.6 Å². The standard InChI is InChI=1S/C13H19FN4O/c1-17(7-8-19-2)5-6-18-12-4-3-10(14)9-11(12)16-13(18)15/h3-4,9H,5-8H2,1-2H3,(H2,15,16). The minimum Gasteiger partial charge on any atom is -0.383 e. The van der Waals surface area contributed by atoms with Crippen LogP contribution in [0.15, 0.2) is 18.2 Å². The lowest BCUT2D eigenvalue weighted by Crippen LogP contribution is -2.27. The number of anilines is 1. The number of ether oxygens (including phenoxy) is 1. The van der Waals surface area contributed by atoms with Gasteiger partial charge in [-0.05, 0) is 19.2 Å². The molecule has 5 nitrogen and oxygen atoms in total. The monoisotopic (exact) mass is 266 g/mol. The number of rotatable bonds is 6. The summed E-state index contributed by atoms with van der Waals surface area (Å²) in [5.41, 5.74) is 7.33. The smallest absolute Gasteiger partial charge is 0.201 e. The topological polar surface area (TPSA) is 56.3 Å². The summed E-state index contributed by atoms with van der Waals surface area (Å²) in [6.45, 7) is 3.10. The lowest BCUT2D eigenvalue weighted by atomic mass is 10.3. The zero-order valence-electron chi connectivity index (χ0n) is 11.3. The van der Waals surface area contributed by atoms with Crippen molar-refractivity contribution in [2.24, 2.45) is 0 Å². The molecule has 104 valence electrons. The van der Waals surface area contributed by atoms with Crippen LogP contribution in [0.2, 0.25) is 0 Å². The van der Waals surface area contributed by atoms with Crippen LogP contribution in [-0.4, -0.2) is 48.3 Å². The van der Waals surface area contributed by atoms with E-state index < -0.39 is 0 Å². The van der Waals surface area contributed by atoms with Gasteiger partial charge in [0.05, 0.1) is 17.6 Å². The van der Waals surface area contributed by atoms with E-state index in [1.54, 1.807) is 13.2 Å². The van der Waals surface area contributed by atoms with Crippen molar-refractivity contribution in [2.45, 2.75) is 6.54 Å². The fourth-order valence-corrected chi connectivity index (χ4v) is 1.99. The molecule has 0 bridgehead atoms. The number of benzene rings is 1. The van der Waals surface area contributed by atoms with Crippen molar-refractivity contribution in [3.05, 3.63) is 24.0 Å². The quantitative estimate of drug-likeness (QED) is 0.857. The summed E-state index contributed by atoms with van der Waals surface area (Å²) < 4.78 is 20.0. The van der Waals surface area contributed by atoms with Gasteiger partial charge in [0, 0.05) is 32.8 Å². The molecular formula is C13H19FN4O. The number of methoxy groups -OCH3 is 1. The molecule has 0 saturated carbocycles. The van der Waals surface area contributed by atoms with Gasteiger partial charge in [-0.2, -0.15) is 0 Å². The van der Waals surface area contributed by atoms with Crippen LogP contribution < -0.4 is 5.73 Å². The molecule has 0 radical (unpaired) electrons. The molecule has 6 heteroatoms. The molecule has 0 aliphatic carbocycles. The first-order valence-corrected chi connectivity index (χ1v) is 6.20. The second-order valence-corrected chi connectivity index (χ2v) is 4.55. The molecule has 0 amide bonds. The van der Waals surface area contributed by atoms with Crippen molar-refractivity contribution in [2.75, 3.05) is 39.6 Å². The van der Waals surface area contributed by atoms with Gasteiger partial charge in [0.1, 0.15) is 5.82 Å². The maximum absolute atomic E-state index is 13.1. The third-order valence-corrected chi connectivity index (χ3v) is 3.12. The van der Waals surface area contributed by atoms with E-state index in [2.05, 4.69) is 9.88 Å². The third-order valence-electron chi connectivity index (χ3n) is 3.12. The Balaban J connectivity index is 2.10. The van der Waals surface area contributed by atoms with E-state index in [0.717, 1.165) is 18.6 Å². The summed E-state index contributed by atoms with van der Waals surface area (Å²) in [6, 6.07) is 4.54. The number of imidazole rings is 1. The van der Waals surface area contributed by atoms with Crippen molar-refractivity contribution in [1.82, 2.24) is 14.5 Å². The predicted octanol–water partition coefficient (Wildman–Crippen LogP) is 1.34. The number of nitrogens with two attached hydrogens (primary N) is 1. The second kappa shape index (κ2) is 5.99. The van der Waals surface area contributed by atoms with Crippen LogP contribution in [-0.2, 0) is 11.3 Å². The van der Waals surface area contributed by atoms with Gasteiger partial charge in [0.25, 0.3) is 0 Å². The molecule has 2 aromatic rings. The number of nitrogen functional groups attached to an aromatic ring is 1. The molecule has 0 unspecified atom stereocenters. The van der Waals surface area contributed by atoms with E-state index in [9.17, 15) is 4.39 Å². The largest absolute Gasteiger partial charge is 0.383 e. The van der Waals surface area contributed by atoms with Gasteiger partial charge in [-0.3, -0.25) is 0 Å². The Kier molecular flexibility index (Phi) is 4.34. The maximum Gasteiger partial charge on any atom is 0.201 e. The van der Waals surface area contributed by atoms with Crippen molar-refractivity contribution in [3.63, 3.8) is 0 Å². The Labute approximate surface area is 111 Å². The van der Waals surface area contributed by atoms with Crippen LogP contribution in [0.3, 0.4) is 0 Å². The lowest BCUT2D eigenvalue weighted by Gasteiger charge is -2.16. The van der Waals surface area contributed by atoms with Gasteiger partial charge in [-0.25, -0.2) is 9.37 Å². The fourth-order valence-electron chi connectivity index (χ4n) is 1.99. The maximum atomic E-state index is 13.1. The first-order chi connectivity index (χ1) is 9.11. The molecule has 19 heavy (non-hydrogen) atoms. The van der Waals surface area contributed by atoms with Crippen LogP contribution in [0.1, 0.15) is 0 Å². The molecule has 0 fully saturated rings. The average Bonchev–Trinajstić information content (AvgIpc) is 2.68. The number of aromatic nitrogens is 2. The molecule has 0 saturated heterocycles. The lowest BCUT2D eigenvalue weighted by molar-refractivity contribution is 0.159. The first-order valence-electron chi connectivity index (χ1n) is 6.20. The number of halogens is 1. The highest BCUT2D eigenvalue weighted by Gasteiger charge is 2.09. The van der Waals surface area contributed by atoms with Crippen molar-refractivity contribution in [1.29, 1.82) is 0 Å². The minimum absolute atomic E-state index is 0.297. The number of likely N-dealkylation sites (N-methyl/N-ethyl adjacent to an activating group) is 1. The Morgan fingerprint density at radius 3 is 2.95 bits per heavy atom. The zero-order chi connectivity index (χ0) is 13.8. The Morgan fingerprint density at radius 1 is 1.42 bits per heavy atom. The SMILES string of the molecule is COCCN(C)CCn1c(N)nc2cc(F)ccc21. The molecule has 2 rings (SSSR count). The van der Waals surface area contributed by atoms with Gasteiger partial charge in [-0.1, -0.05) is 0 Å². The van der Waals surface area contributed by atoms with E-state index in [-0.39, 0.29) is 5.82 Å². The van der Waals surface area contributed by atoms with Crippen LogP contribution in [0.4, 0.5) is 10.3 Å². The van der Waals surface area contributed by atoms with Crippen LogP contribution in [0.25, 0.3) is 11.0 Å². The predicted molar refractivity (Wildman–Crippen MR) is 73.5 cm³/mol. The van der Waals surface area contributed by atoms with Gasteiger partial charge in [0.15, 0.2) is 0 Å². The fraction of sp³-hybridized carbons (Fsp3) is 0.462. The highest BCUT2D eigenvalue weighted by molar-refractivity contribution is 5.78. The molecule has 0 aliphatic rings. The van der Waals surface area contributed by atoms with Crippen molar-refractivity contribution < 1.29 is 9.13 Å². The van der Waals surface area contributed by atoms with E-state index in [1.165, 1.54) is 12.1 Å². The van der Waals surface area contributed by atoms with Gasteiger partial charge < -0.3 is 19.9 Å². The summed E-state index contributed by atoms with van der Waals surface area (Å²) in [5.74, 6) is 0.120. The van der Waals surface area contributed by atoms with Gasteiger partial charge in [-0.15, -0.1) is 0 Å². The first kappa shape index (κ1) is 13.8. The number of fused-ring (bicyclic) bond motifs is 1. The summed E-state index contributed by atoms with van der Waals surface area (Å²) >= 11 is 0. The normalized spacial score (nSPS) is 11.6. The number of hydrogen-bond acceptors (Lipinski definition) is 4. The molecule has 2 N–H and O–H groups in total. The highest BCUT2D eigenvalue weighted by atomic mass is 19.1. The van der Waals surface area contributed by atoms with Gasteiger partial charge >= 0.3 is 0 Å². The summed E-state index contributed by atoms with van der Waals surface area (Å²) in [6.07, 6.45) is 0. The van der Waals surface area contributed by atoms with E-state index in [4.69, 9.17) is 10.5 Å². The molecular weight excluding hydrogens is 247 g/mol. The number of nitrogens with zero attached hydrogens (tertiary/aromatic N) is 3. The van der Waals surface area contributed by atoms with Crippen molar-refractivity contribution >= 4 is 17.0 Å². The summed E-state index contributed by atoms with van der Waals surface area (Å²) in [7, 11) is 3.71. The molecule has 1 aromatic carbocycles. The molecule has 0 aliphatic heterocycles. The minimum atomic E-state index is -0.297. The molecule has 0 atom stereocenters. The average molecular weight is 266 g/mol. The van der Waals surface area contributed by atoms with E-state index >= 15 is 0 Å². The Hall–Kier alpha value is -1.66. The van der Waals surface area contributed by atoms with Crippen molar-refractivity contribution in [3.8, 4) is 0 Å². The Morgan fingerprint density at radius 2 is 2.21 bits per heavy atom. The molecule has 1 heterocycles. The molecule has 0 spiro atoms. The van der Waals surface area contributed by atoms with E-state index in [0.29, 0.717) is 24.6 Å². The third kappa shape index (κ3) is 3.21. The van der Waals surface area contributed by atoms with Crippen LogP contribution in [0, 0.1) is 5.82 Å². The van der Waals surface area contributed by atoms with Crippen LogP contribution in [0.5, 0.6) is 0 Å². The Bertz CT molecular complexity index is 555. The second-order valence-electron chi connectivity index (χ2n) is 4.55. The highest BCUT2D eigenvalue weighted by Crippen LogP contribution is 2.18. The van der Waals surface area contributed by atoms with Gasteiger partial charge in [0.2, 0.25) is 5.95 Å². The van der Waals surface area contributed by atoms with Crippen LogP contribution >= 0.6 is 0 Å². The summed E-state index contributed by atoms with van der Waals surface area (Å²) in [4.78, 5) is 6.32. The summed E-state index contributed by atoms with van der Waals surface area (Å²) in [5, 5.41) is 0. The number of hydrogen-bond donors (Lipinski definition) is 1.